The van der Waals surface area contributed by atoms with Crippen molar-refractivity contribution >= 4 is 28.6 Å². The Morgan fingerprint density at radius 2 is 2.00 bits per heavy atom. The van der Waals surface area contributed by atoms with E-state index in [1.807, 2.05) is 26.0 Å². The molecule has 0 fully saturated rings. The molecule has 0 amide bonds. The number of nitrogens with one attached hydrogen (secondary N) is 3. The van der Waals surface area contributed by atoms with Gasteiger partial charge in [0.25, 0.3) is 0 Å². The molecule has 0 saturated heterocycles. The third-order valence-electron chi connectivity index (χ3n) is 5.29. The molecule has 0 aliphatic heterocycles. The smallest absolute Gasteiger partial charge is 0.180 e. The van der Waals surface area contributed by atoms with Gasteiger partial charge >= 0.3 is 0 Å². The molecule has 1 atom stereocenters. The Bertz CT molecular complexity index is 1410. The predicted molar refractivity (Wildman–Crippen MR) is 118 cm³/mol. The molecule has 1 unspecified atom stereocenters. The molecule has 3 heterocycles. The van der Waals surface area contributed by atoms with Crippen LogP contribution in [0.15, 0.2) is 43.0 Å². The minimum absolute atomic E-state index is 0.282. The predicted octanol–water partition coefficient (Wildman–Crippen LogP) is 4.47. The van der Waals surface area contributed by atoms with Crippen molar-refractivity contribution in [2.45, 2.75) is 19.9 Å². The third-order valence-corrected chi connectivity index (χ3v) is 5.68. The number of aromatic amines is 2. The number of benzene rings is 2. The second kappa shape index (κ2) is 7.97. The zero-order valence-electron chi connectivity index (χ0n) is 17.1. The first-order chi connectivity index (χ1) is 15.5. The lowest BCUT2D eigenvalue weighted by atomic mass is 9.88. The Morgan fingerprint density at radius 3 is 2.78 bits per heavy atom. The highest BCUT2D eigenvalue weighted by molar-refractivity contribution is 6.32. The van der Waals surface area contributed by atoms with Gasteiger partial charge < -0.3 is 10.3 Å². The number of H-pyrrole nitrogens is 2. The van der Waals surface area contributed by atoms with Gasteiger partial charge in [0.2, 0.25) is 0 Å². The standard InChI is InChI=1S/C21H17ClFN9/c1-10-15(22)7-14(11(2)28-21-18-20(25-8-24-18)26-9-27-21)17(12-4-3-5-13(23)6-12)16(10)19-29-31-32-30-19/h3-9,11H,1-2H3,(H,29,30,31,32)(H2,24,25,26,27,28). The van der Waals surface area contributed by atoms with E-state index in [0.717, 1.165) is 16.7 Å². The quantitative estimate of drug-likeness (QED) is 0.362. The van der Waals surface area contributed by atoms with Crippen molar-refractivity contribution in [1.29, 1.82) is 0 Å². The number of hydrogen-bond acceptors (Lipinski definition) is 7. The zero-order chi connectivity index (χ0) is 22.2. The third kappa shape index (κ3) is 3.44. The Kier molecular flexibility index (Phi) is 4.98. The normalized spacial score (nSPS) is 12.2. The summed E-state index contributed by atoms with van der Waals surface area (Å²) in [6, 6.07) is 7.96. The van der Waals surface area contributed by atoms with Gasteiger partial charge in [0.05, 0.1) is 12.4 Å². The van der Waals surface area contributed by atoms with Gasteiger partial charge in [-0.15, -0.1) is 5.10 Å². The molecule has 5 rings (SSSR count). The Labute approximate surface area is 186 Å². The number of nitrogens with zero attached hydrogens (tertiary/aromatic N) is 6. The van der Waals surface area contributed by atoms with Gasteiger partial charge in [-0.25, -0.2) is 24.4 Å². The SMILES string of the molecule is Cc1c(Cl)cc(C(C)Nc2ncnc3[nH]cnc23)c(-c2cccc(F)c2)c1-c1nnn[nH]1. The van der Waals surface area contributed by atoms with Crippen LogP contribution in [0.25, 0.3) is 33.7 Å². The van der Waals surface area contributed by atoms with Crippen LogP contribution in [0.5, 0.6) is 0 Å². The number of tetrazole rings is 1. The van der Waals surface area contributed by atoms with Crippen molar-refractivity contribution in [2.75, 3.05) is 5.32 Å². The molecule has 0 bridgehead atoms. The average molecular weight is 450 g/mol. The van der Waals surface area contributed by atoms with E-state index >= 15 is 0 Å². The molecule has 2 aromatic carbocycles. The van der Waals surface area contributed by atoms with Crippen LogP contribution in [0.1, 0.15) is 24.1 Å². The Morgan fingerprint density at radius 1 is 1.12 bits per heavy atom. The van der Waals surface area contributed by atoms with Crippen LogP contribution in [-0.2, 0) is 0 Å². The van der Waals surface area contributed by atoms with E-state index in [0.29, 0.717) is 39.0 Å². The summed E-state index contributed by atoms with van der Waals surface area (Å²) in [7, 11) is 0. The van der Waals surface area contributed by atoms with Gasteiger partial charge in [-0.05, 0) is 64.7 Å². The number of aromatic nitrogens is 8. The summed E-state index contributed by atoms with van der Waals surface area (Å²) >= 11 is 6.62. The van der Waals surface area contributed by atoms with Crippen LogP contribution < -0.4 is 5.32 Å². The summed E-state index contributed by atoms with van der Waals surface area (Å²) in [4.78, 5) is 15.8. The molecule has 3 N–H and O–H groups in total. The summed E-state index contributed by atoms with van der Waals surface area (Å²) in [5, 5.41) is 18.2. The zero-order valence-corrected chi connectivity index (χ0v) is 17.8. The van der Waals surface area contributed by atoms with E-state index in [1.54, 1.807) is 12.4 Å². The minimum atomic E-state index is -0.350. The molecule has 3 aromatic heterocycles. The molecule has 160 valence electrons. The second-order valence-electron chi connectivity index (χ2n) is 7.27. The maximum Gasteiger partial charge on any atom is 0.180 e. The lowest BCUT2D eigenvalue weighted by Crippen LogP contribution is -2.11. The number of rotatable bonds is 5. The van der Waals surface area contributed by atoms with Crippen molar-refractivity contribution in [2.24, 2.45) is 0 Å². The molecule has 0 radical (unpaired) electrons. The maximum atomic E-state index is 14.2. The Hall–Kier alpha value is -3.92. The molecule has 9 nitrogen and oxygen atoms in total. The van der Waals surface area contributed by atoms with Crippen LogP contribution in [0.4, 0.5) is 10.2 Å². The highest BCUT2D eigenvalue weighted by atomic mass is 35.5. The van der Waals surface area contributed by atoms with Crippen LogP contribution in [0.2, 0.25) is 5.02 Å². The topological polar surface area (TPSA) is 121 Å². The first kappa shape index (κ1) is 20.0. The second-order valence-corrected chi connectivity index (χ2v) is 7.68. The van der Waals surface area contributed by atoms with Gasteiger partial charge in [0, 0.05) is 10.6 Å². The lowest BCUT2D eigenvalue weighted by molar-refractivity contribution is 0.628. The molecular weight excluding hydrogens is 433 g/mol. The van der Waals surface area contributed by atoms with Crippen molar-refractivity contribution in [3.63, 3.8) is 0 Å². The minimum Gasteiger partial charge on any atom is -0.362 e. The fourth-order valence-electron chi connectivity index (χ4n) is 3.78. The number of imidazole rings is 1. The monoisotopic (exact) mass is 449 g/mol. The first-order valence-electron chi connectivity index (χ1n) is 9.76. The van der Waals surface area contributed by atoms with E-state index in [9.17, 15) is 4.39 Å². The molecular formula is C21H17ClFN9. The van der Waals surface area contributed by atoms with E-state index < -0.39 is 0 Å². The average Bonchev–Trinajstić information content (AvgIpc) is 3.47. The highest BCUT2D eigenvalue weighted by Gasteiger charge is 2.24. The van der Waals surface area contributed by atoms with Crippen molar-refractivity contribution < 1.29 is 4.39 Å². The number of anilines is 1. The molecule has 0 aliphatic rings. The van der Waals surface area contributed by atoms with Gasteiger partial charge in [-0.1, -0.05) is 23.7 Å². The van der Waals surface area contributed by atoms with Gasteiger partial charge in [-0.3, -0.25) is 0 Å². The number of hydrogen-bond donors (Lipinski definition) is 3. The van der Waals surface area contributed by atoms with Crippen LogP contribution in [0.3, 0.4) is 0 Å². The Balaban J connectivity index is 1.71. The molecule has 5 aromatic rings. The van der Waals surface area contributed by atoms with E-state index in [1.165, 1.54) is 18.5 Å². The maximum absolute atomic E-state index is 14.2. The van der Waals surface area contributed by atoms with Crippen molar-refractivity contribution in [3.8, 4) is 22.5 Å². The number of fused-ring (bicyclic) bond motifs is 1. The van der Waals surface area contributed by atoms with E-state index in [4.69, 9.17) is 11.6 Å². The first-order valence-corrected chi connectivity index (χ1v) is 10.1. The molecule has 0 aliphatic carbocycles. The highest BCUT2D eigenvalue weighted by Crippen LogP contribution is 2.42. The van der Waals surface area contributed by atoms with Crippen molar-refractivity contribution in [3.05, 3.63) is 65.0 Å². The summed E-state index contributed by atoms with van der Waals surface area (Å²) in [6.07, 6.45) is 3.02. The lowest BCUT2D eigenvalue weighted by Gasteiger charge is -2.23. The molecule has 32 heavy (non-hydrogen) atoms. The summed E-state index contributed by atoms with van der Waals surface area (Å²) in [5.74, 6) is 0.653. The summed E-state index contributed by atoms with van der Waals surface area (Å²) in [5.41, 5.74) is 4.96. The molecule has 11 heteroatoms. The van der Waals surface area contributed by atoms with Gasteiger partial charge in [0.1, 0.15) is 17.7 Å². The fraction of sp³-hybridized carbons (Fsp3) is 0.143. The van der Waals surface area contributed by atoms with Crippen LogP contribution >= 0.6 is 11.6 Å². The van der Waals surface area contributed by atoms with E-state index in [-0.39, 0.29) is 11.9 Å². The van der Waals surface area contributed by atoms with Gasteiger partial charge in [-0.2, -0.15) is 0 Å². The fourth-order valence-corrected chi connectivity index (χ4v) is 3.99. The van der Waals surface area contributed by atoms with E-state index in [2.05, 4.69) is 45.9 Å². The van der Waals surface area contributed by atoms with Crippen molar-refractivity contribution in [1.82, 2.24) is 40.6 Å². The van der Waals surface area contributed by atoms with Gasteiger partial charge in [0.15, 0.2) is 17.3 Å². The molecule has 0 spiro atoms. The largest absolute Gasteiger partial charge is 0.362 e. The molecule has 0 saturated carbocycles. The summed E-state index contributed by atoms with van der Waals surface area (Å²) in [6.45, 7) is 3.84. The summed E-state index contributed by atoms with van der Waals surface area (Å²) < 4.78 is 14.2. The van der Waals surface area contributed by atoms with Crippen LogP contribution in [0, 0.1) is 12.7 Å². The van der Waals surface area contributed by atoms with Crippen LogP contribution in [-0.4, -0.2) is 40.6 Å². The number of halogens is 2.